The lowest BCUT2D eigenvalue weighted by molar-refractivity contribution is -0.139. The molecule has 0 unspecified atom stereocenters. The van der Waals surface area contributed by atoms with E-state index in [1.165, 1.54) is 22.5 Å². The summed E-state index contributed by atoms with van der Waals surface area (Å²) in [6, 6.07) is 33.8. The number of ether oxygens (including phenoxy) is 1. The smallest absolute Gasteiger partial charge is 0.416 e. The molecule has 4 aromatic carbocycles. The molecule has 0 aliphatic rings. The Bertz CT molecular complexity index is 1800. The highest BCUT2D eigenvalue weighted by Crippen LogP contribution is 2.41. The maximum Gasteiger partial charge on any atom is 0.416 e. The Balaban J connectivity index is 1.51. The van der Waals surface area contributed by atoms with Gasteiger partial charge in [-0.05, 0) is 75.4 Å². The second-order valence-electron chi connectivity index (χ2n) is 12.5. The Morgan fingerprint density at radius 1 is 0.854 bits per heavy atom. The van der Waals surface area contributed by atoms with E-state index in [9.17, 15) is 18.0 Å². The molecule has 10 heteroatoms. The van der Waals surface area contributed by atoms with E-state index in [-0.39, 0.29) is 5.04 Å². The second kappa shape index (κ2) is 14.7. The van der Waals surface area contributed by atoms with Gasteiger partial charge >= 0.3 is 12.1 Å². The van der Waals surface area contributed by atoms with E-state index >= 15 is 0 Å². The molecule has 0 saturated carbocycles. The summed E-state index contributed by atoms with van der Waals surface area (Å²) in [5, 5.41) is 11.1. The molecular weight excluding hydrogens is 670 g/mol. The topological polar surface area (TPSA) is 55.8 Å². The fraction of sp³-hybridized carbons (Fsp3) is 0.237. The van der Waals surface area contributed by atoms with Crippen molar-refractivity contribution < 1.29 is 32.2 Å². The number of carboxylic acid groups (broad SMARTS) is 1. The minimum atomic E-state index is -4.41. The summed E-state index contributed by atoms with van der Waals surface area (Å²) >= 11 is 3.18. The van der Waals surface area contributed by atoms with E-state index in [4.69, 9.17) is 14.3 Å². The van der Waals surface area contributed by atoms with Crippen LogP contribution < -0.4 is 15.1 Å². The zero-order valence-electron chi connectivity index (χ0n) is 27.1. The Labute approximate surface area is 288 Å². The van der Waals surface area contributed by atoms with Gasteiger partial charge in [-0.3, -0.25) is 0 Å². The van der Waals surface area contributed by atoms with Crippen LogP contribution in [-0.2, 0) is 27.8 Å². The highest BCUT2D eigenvalue weighted by molar-refractivity contribution is 7.98. The predicted octanol–water partition coefficient (Wildman–Crippen LogP) is 9.57. The first-order valence-electron chi connectivity index (χ1n) is 15.4. The number of rotatable bonds is 12. The number of carbonyl (C=O) groups is 1. The van der Waals surface area contributed by atoms with Crippen LogP contribution in [0.1, 0.15) is 42.3 Å². The number of hydrogen-bond donors (Lipinski definition) is 1. The number of benzene rings is 4. The molecule has 1 heterocycles. The first-order chi connectivity index (χ1) is 22.8. The average Bonchev–Trinajstić information content (AvgIpc) is 3.46. The third-order valence-electron chi connectivity index (χ3n) is 8.12. The molecule has 0 radical (unpaired) electrons. The van der Waals surface area contributed by atoms with Crippen molar-refractivity contribution in [1.82, 2.24) is 0 Å². The maximum absolute atomic E-state index is 13.3. The summed E-state index contributed by atoms with van der Waals surface area (Å²) in [7, 11) is -2.85. The van der Waals surface area contributed by atoms with Crippen LogP contribution in [-0.4, -0.2) is 26.0 Å². The lowest BCUT2D eigenvalue weighted by atomic mass is 10.1. The summed E-state index contributed by atoms with van der Waals surface area (Å²) in [4.78, 5) is 13.9. The number of hydrogen-bond acceptors (Lipinski definition) is 5. The molecule has 0 aliphatic heterocycles. The van der Waals surface area contributed by atoms with Crippen LogP contribution in [0, 0.1) is 6.92 Å². The average molecular weight is 707 g/mol. The molecule has 4 nitrogen and oxygen atoms in total. The number of thiophene rings is 1. The van der Waals surface area contributed by atoms with Crippen molar-refractivity contribution >= 4 is 47.8 Å². The largest absolute Gasteiger partial charge is 0.482 e. The van der Waals surface area contributed by atoms with Gasteiger partial charge in [0.05, 0.1) is 12.2 Å². The van der Waals surface area contributed by atoms with E-state index < -0.39 is 32.6 Å². The number of carboxylic acids is 1. The van der Waals surface area contributed by atoms with Gasteiger partial charge in [-0.25, -0.2) is 4.79 Å². The molecule has 1 N–H and O–H groups in total. The number of aryl methyl sites for hydroxylation is 1. The van der Waals surface area contributed by atoms with Crippen molar-refractivity contribution in [3.63, 3.8) is 0 Å². The van der Waals surface area contributed by atoms with Gasteiger partial charge in [0, 0.05) is 20.4 Å². The molecule has 0 atom stereocenters. The van der Waals surface area contributed by atoms with Crippen molar-refractivity contribution in [2.24, 2.45) is 0 Å². The minimum absolute atomic E-state index is 0.223. The maximum atomic E-state index is 13.3. The molecule has 0 spiro atoms. The molecule has 250 valence electrons. The number of aliphatic carboxylic acids is 1. The van der Waals surface area contributed by atoms with Gasteiger partial charge in [-0.1, -0.05) is 93.6 Å². The Morgan fingerprint density at radius 2 is 1.46 bits per heavy atom. The Hall–Kier alpha value is -3.83. The zero-order valence-corrected chi connectivity index (χ0v) is 29.8. The summed E-state index contributed by atoms with van der Waals surface area (Å²) in [6.07, 6.45) is -4.41. The zero-order chi connectivity index (χ0) is 34.5. The second-order valence-corrected chi connectivity index (χ2v) is 19.0. The molecular formula is C38H37F3O4S2Si. The number of alkyl halides is 3. The Morgan fingerprint density at radius 3 is 1.98 bits per heavy atom. The van der Waals surface area contributed by atoms with E-state index in [0.717, 1.165) is 37.9 Å². The third-order valence-corrected chi connectivity index (χ3v) is 15.5. The lowest BCUT2D eigenvalue weighted by Gasteiger charge is -2.43. The SMILES string of the molecule is Cc1cc(SCc2sc(-c3ccc(C(F)(F)F)cc3)cc2CO[Si](c2ccccc2)(c2ccccc2)C(C)(C)C)ccc1OCC(=O)O. The van der Waals surface area contributed by atoms with Gasteiger partial charge in [0.2, 0.25) is 0 Å². The lowest BCUT2D eigenvalue weighted by Crippen LogP contribution is -2.66. The summed E-state index contributed by atoms with van der Waals surface area (Å²) in [6.45, 7) is 8.47. The van der Waals surface area contributed by atoms with Crippen LogP contribution in [0.15, 0.2) is 114 Å². The van der Waals surface area contributed by atoms with Gasteiger partial charge in [-0.2, -0.15) is 13.2 Å². The van der Waals surface area contributed by atoms with Gasteiger partial charge in [-0.15, -0.1) is 23.1 Å². The molecule has 0 saturated heterocycles. The molecule has 1 aromatic heterocycles. The normalized spacial score (nSPS) is 12.2. The summed E-state index contributed by atoms with van der Waals surface area (Å²) < 4.78 is 52.6. The minimum Gasteiger partial charge on any atom is -0.482 e. The van der Waals surface area contributed by atoms with Crippen LogP contribution in [0.3, 0.4) is 0 Å². The van der Waals surface area contributed by atoms with Crippen LogP contribution >= 0.6 is 23.1 Å². The fourth-order valence-electron chi connectivity index (χ4n) is 5.79. The highest BCUT2D eigenvalue weighted by Gasteiger charge is 2.50. The molecule has 0 bridgehead atoms. The van der Waals surface area contributed by atoms with E-state index in [0.29, 0.717) is 23.7 Å². The van der Waals surface area contributed by atoms with Crippen molar-refractivity contribution in [3.05, 3.63) is 131 Å². The van der Waals surface area contributed by atoms with Gasteiger partial charge in [0.25, 0.3) is 8.32 Å². The van der Waals surface area contributed by atoms with Crippen LogP contribution in [0.4, 0.5) is 13.2 Å². The number of thioether (sulfide) groups is 1. The van der Waals surface area contributed by atoms with E-state index in [1.54, 1.807) is 29.2 Å². The van der Waals surface area contributed by atoms with Gasteiger partial charge in [0.15, 0.2) is 6.61 Å². The quantitative estimate of drug-likeness (QED) is 0.104. The van der Waals surface area contributed by atoms with Gasteiger partial charge in [0.1, 0.15) is 5.75 Å². The number of halogens is 3. The standard InChI is InChI=1S/C38H37F3O4S2Si/c1-26-21-30(19-20-33(26)44-24-36(42)43)46-25-35-28(22-34(47-35)27-15-17-29(18-16-27)38(39,40)41)23-45-48(37(2,3)4,31-11-7-5-8-12-31)32-13-9-6-10-14-32/h5-22H,23-25H2,1-4H3,(H,42,43). The first kappa shape index (κ1) is 35.5. The van der Waals surface area contributed by atoms with Crippen molar-refractivity contribution in [3.8, 4) is 16.2 Å². The van der Waals surface area contributed by atoms with Gasteiger partial charge < -0.3 is 14.3 Å². The third kappa shape index (κ3) is 8.06. The summed E-state index contributed by atoms with van der Waals surface area (Å²) in [5.41, 5.74) is 1.85. The van der Waals surface area contributed by atoms with E-state index in [1.807, 2.05) is 55.5 Å². The highest BCUT2D eigenvalue weighted by atomic mass is 32.2. The predicted molar refractivity (Wildman–Crippen MR) is 191 cm³/mol. The molecule has 5 rings (SSSR count). The Kier molecular flexibility index (Phi) is 10.9. The van der Waals surface area contributed by atoms with Crippen molar-refractivity contribution in [1.29, 1.82) is 0 Å². The van der Waals surface area contributed by atoms with E-state index in [2.05, 4.69) is 51.1 Å². The monoisotopic (exact) mass is 706 g/mol. The van der Waals surface area contributed by atoms with Crippen LogP contribution in [0.5, 0.6) is 5.75 Å². The van der Waals surface area contributed by atoms with Crippen molar-refractivity contribution in [2.45, 2.75) is 56.2 Å². The molecule has 0 fully saturated rings. The first-order valence-corrected chi connectivity index (χ1v) is 19.1. The van der Waals surface area contributed by atoms with Crippen LogP contribution in [0.2, 0.25) is 5.04 Å². The molecule has 0 amide bonds. The molecule has 0 aliphatic carbocycles. The fourth-order valence-corrected chi connectivity index (χ4v) is 12.6. The van der Waals surface area contributed by atoms with Crippen molar-refractivity contribution in [2.75, 3.05) is 6.61 Å². The molecule has 5 aromatic rings. The summed E-state index contributed by atoms with van der Waals surface area (Å²) in [5.74, 6) is 0.0866. The van der Waals surface area contributed by atoms with Crippen LogP contribution in [0.25, 0.3) is 10.4 Å². The molecule has 48 heavy (non-hydrogen) atoms.